The van der Waals surface area contributed by atoms with Crippen LogP contribution in [0.4, 0.5) is 11.4 Å². The van der Waals surface area contributed by atoms with Crippen LogP contribution in [0.15, 0.2) is 48.5 Å². The summed E-state index contributed by atoms with van der Waals surface area (Å²) in [6.07, 6.45) is 0. The number of hydrogen-bond donors (Lipinski definition) is 2. The van der Waals surface area contributed by atoms with Crippen molar-refractivity contribution in [3.05, 3.63) is 59.1 Å². The first kappa shape index (κ1) is 18.2. The van der Waals surface area contributed by atoms with Crippen molar-refractivity contribution in [2.24, 2.45) is 0 Å². The van der Waals surface area contributed by atoms with Crippen LogP contribution in [-0.4, -0.2) is 54.6 Å². The molecule has 0 aliphatic carbocycles. The van der Waals surface area contributed by atoms with Gasteiger partial charge in [0.05, 0.1) is 12.1 Å². The van der Waals surface area contributed by atoms with Crippen molar-refractivity contribution in [2.75, 3.05) is 42.9 Å². The number of nitrogens with zero attached hydrogens (tertiary/aromatic N) is 2. The third-order valence-electron chi connectivity index (χ3n) is 4.35. The Hall–Kier alpha value is -2.57. The summed E-state index contributed by atoms with van der Waals surface area (Å²) in [5, 5.41) is 12.5. The van der Waals surface area contributed by atoms with Crippen LogP contribution in [0.2, 0.25) is 5.02 Å². The summed E-state index contributed by atoms with van der Waals surface area (Å²) in [7, 11) is 0. The molecular weight excluding hydrogens is 354 g/mol. The molecule has 7 heteroatoms. The molecule has 2 N–H and O–H groups in total. The average molecular weight is 374 g/mol. The van der Waals surface area contributed by atoms with E-state index in [-0.39, 0.29) is 11.5 Å². The Morgan fingerprint density at radius 3 is 2.15 bits per heavy atom. The quantitative estimate of drug-likeness (QED) is 0.843. The molecule has 2 aromatic rings. The van der Waals surface area contributed by atoms with Gasteiger partial charge in [-0.05, 0) is 48.5 Å². The molecule has 1 amide bonds. The first-order chi connectivity index (χ1) is 12.5. The lowest BCUT2D eigenvalue weighted by Gasteiger charge is -2.35. The van der Waals surface area contributed by atoms with E-state index in [2.05, 4.69) is 15.1 Å². The second-order valence-corrected chi connectivity index (χ2v) is 6.61. The number of halogens is 1. The number of carbonyl (C=O) groups excluding carboxylic acids is 1. The normalized spacial score (nSPS) is 14.9. The number of piperazine rings is 1. The lowest BCUT2D eigenvalue weighted by molar-refractivity contribution is -0.117. The van der Waals surface area contributed by atoms with E-state index >= 15 is 0 Å². The summed E-state index contributed by atoms with van der Waals surface area (Å²) in [6, 6.07) is 13.9. The molecule has 1 aliphatic rings. The Kier molecular flexibility index (Phi) is 5.75. The first-order valence-electron chi connectivity index (χ1n) is 8.37. The maximum absolute atomic E-state index is 12.2. The van der Waals surface area contributed by atoms with Gasteiger partial charge in [0.15, 0.2) is 0 Å². The highest BCUT2D eigenvalue weighted by molar-refractivity contribution is 6.30. The second-order valence-electron chi connectivity index (χ2n) is 6.17. The molecule has 1 aliphatic heterocycles. The van der Waals surface area contributed by atoms with Crippen molar-refractivity contribution in [3.63, 3.8) is 0 Å². The number of benzene rings is 2. The number of carboxylic acids is 1. The number of amides is 1. The van der Waals surface area contributed by atoms with Crippen LogP contribution in [0.3, 0.4) is 0 Å². The number of carbonyl (C=O) groups is 2. The van der Waals surface area contributed by atoms with E-state index < -0.39 is 5.97 Å². The molecule has 3 rings (SSSR count). The number of nitrogens with one attached hydrogen (secondary N) is 1. The van der Waals surface area contributed by atoms with Gasteiger partial charge in [0.2, 0.25) is 5.91 Å². The van der Waals surface area contributed by atoms with Crippen LogP contribution in [0.25, 0.3) is 0 Å². The van der Waals surface area contributed by atoms with Crippen LogP contribution < -0.4 is 10.2 Å². The molecule has 0 saturated carbocycles. The Balaban J connectivity index is 1.48. The highest BCUT2D eigenvalue weighted by Crippen LogP contribution is 2.18. The Morgan fingerprint density at radius 1 is 0.962 bits per heavy atom. The van der Waals surface area contributed by atoms with Crippen molar-refractivity contribution in [3.8, 4) is 0 Å². The van der Waals surface area contributed by atoms with Gasteiger partial charge in [-0.25, -0.2) is 4.79 Å². The fourth-order valence-electron chi connectivity index (χ4n) is 2.92. The van der Waals surface area contributed by atoms with E-state index in [0.29, 0.717) is 11.6 Å². The highest BCUT2D eigenvalue weighted by atomic mass is 35.5. The fourth-order valence-corrected chi connectivity index (χ4v) is 3.04. The summed E-state index contributed by atoms with van der Waals surface area (Å²) < 4.78 is 0. The molecule has 6 nitrogen and oxygen atoms in total. The molecular formula is C19H20ClN3O3. The standard InChI is InChI=1S/C19H20ClN3O3/c20-15-3-5-16(6-4-15)21-18(24)13-22-9-11-23(12-10-22)17-7-1-14(2-8-17)19(25)26/h1-8H,9-13H2,(H,21,24)(H,25,26). The summed E-state index contributed by atoms with van der Waals surface area (Å²) >= 11 is 5.84. The molecule has 0 radical (unpaired) electrons. The van der Waals surface area contributed by atoms with E-state index in [1.165, 1.54) is 0 Å². The molecule has 2 aromatic carbocycles. The van der Waals surface area contributed by atoms with Crippen molar-refractivity contribution in [2.45, 2.75) is 0 Å². The molecule has 0 unspecified atom stereocenters. The van der Waals surface area contributed by atoms with Gasteiger partial charge in [-0.2, -0.15) is 0 Å². The topological polar surface area (TPSA) is 72.9 Å². The minimum atomic E-state index is -0.923. The number of anilines is 2. The maximum Gasteiger partial charge on any atom is 0.335 e. The molecule has 1 saturated heterocycles. The van der Waals surface area contributed by atoms with Gasteiger partial charge < -0.3 is 15.3 Å². The number of carboxylic acid groups (broad SMARTS) is 1. The van der Waals surface area contributed by atoms with Crippen LogP contribution in [0.1, 0.15) is 10.4 Å². The van der Waals surface area contributed by atoms with Gasteiger partial charge in [-0.1, -0.05) is 11.6 Å². The zero-order chi connectivity index (χ0) is 18.5. The number of rotatable bonds is 5. The molecule has 1 heterocycles. The largest absolute Gasteiger partial charge is 0.478 e. The van der Waals surface area contributed by atoms with Gasteiger partial charge in [0.25, 0.3) is 0 Å². The summed E-state index contributed by atoms with van der Waals surface area (Å²) in [5.41, 5.74) is 2.02. The van der Waals surface area contributed by atoms with E-state index in [0.717, 1.165) is 37.6 Å². The van der Waals surface area contributed by atoms with Crippen LogP contribution in [0.5, 0.6) is 0 Å². The van der Waals surface area contributed by atoms with Crippen molar-refractivity contribution >= 4 is 34.9 Å². The predicted molar refractivity (Wildman–Crippen MR) is 102 cm³/mol. The number of hydrogen-bond acceptors (Lipinski definition) is 4. The second kappa shape index (κ2) is 8.21. The lowest BCUT2D eigenvalue weighted by atomic mass is 10.2. The average Bonchev–Trinajstić information content (AvgIpc) is 2.64. The number of aromatic carboxylic acids is 1. The van der Waals surface area contributed by atoms with E-state index in [9.17, 15) is 9.59 Å². The van der Waals surface area contributed by atoms with Crippen molar-refractivity contribution in [1.29, 1.82) is 0 Å². The van der Waals surface area contributed by atoms with Gasteiger partial charge in [0, 0.05) is 42.6 Å². The zero-order valence-electron chi connectivity index (χ0n) is 14.2. The SMILES string of the molecule is O=C(CN1CCN(c2ccc(C(=O)O)cc2)CC1)Nc1ccc(Cl)cc1. The van der Waals surface area contributed by atoms with Crippen molar-refractivity contribution < 1.29 is 14.7 Å². The highest BCUT2D eigenvalue weighted by Gasteiger charge is 2.19. The Labute approximate surface area is 157 Å². The predicted octanol–water partition coefficient (Wildman–Crippen LogP) is 2.80. The van der Waals surface area contributed by atoms with E-state index in [4.69, 9.17) is 16.7 Å². The third kappa shape index (κ3) is 4.74. The molecule has 1 fully saturated rings. The molecule has 0 atom stereocenters. The molecule has 0 aromatic heterocycles. The van der Waals surface area contributed by atoms with Crippen LogP contribution >= 0.6 is 11.6 Å². The smallest absolute Gasteiger partial charge is 0.335 e. The zero-order valence-corrected chi connectivity index (χ0v) is 14.9. The van der Waals surface area contributed by atoms with Gasteiger partial charge in [-0.15, -0.1) is 0 Å². The summed E-state index contributed by atoms with van der Waals surface area (Å²) in [6.45, 7) is 3.47. The van der Waals surface area contributed by atoms with Crippen LogP contribution in [-0.2, 0) is 4.79 Å². The molecule has 136 valence electrons. The van der Waals surface area contributed by atoms with Gasteiger partial charge in [0.1, 0.15) is 0 Å². The van der Waals surface area contributed by atoms with Gasteiger partial charge >= 0.3 is 5.97 Å². The summed E-state index contributed by atoms with van der Waals surface area (Å²) in [4.78, 5) is 27.4. The summed E-state index contributed by atoms with van der Waals surface area (Å²) in [5.74, 6) is -0.973. The monoisotopic (exact) mass is 373 g/mol. The van der Waals surface area contributed by atoms with Crippen molar-refractivity contribution in [1.82, 2.24) is 4.90 Å². The third-order valence-corrected chi connectivity index (χ3v) is 4.60. The van der Waals surface area contributed by atoms with Gasteiger partial charge in [-0.3, -0.25) is 9.69 Å². The molecule has 0 bridgehead atoms. The van der Waals surface area contributed by atoms with E-state index in [1.807, 2.05) is 12.1 Å². The first-order valence-corrected chi connectivity index (χ1v) is 8.75. The lowest BCUT2D eigenvalue weighted by Crippen LogP contribution is -2.48. The minimum Gasteiger partial charge on any atom is -0.478 e. The molecule has 0 spiro atoms. The maximum atomic E-state index is 12.2. The minimum absolute atomic E-state index is 0.0495. The Morgan fingerprint density at radius 2 is 1.58 bits per heavy atom. The fraction of sp³-hybridized carbons (Fsp3) is 0.263. The Bertz CT molecular complexity index is 770. The van der Waals surface area contributed by atoms with Crippen LogP contribution in [0, 0.1) is 0 Å². The van der Waals surface area contributed by atoms with E-state index in [1.54, 1.807) is 36.4 Å². The molecule has 26 heavy (non-hydrogen) atoms.